The Morgan fingerprint density at radius 2 is 2.18 bits per heavy atom. The number of rotatable bonds is 7. The molecule has 9 nitrogen and oxygen atoms in total. The van der Waals surface area contributed by atoms with Gasteiger partial charge >= 0.3 is 0 Å². The second-order valence-corrected chi connectivity index (χ2v) is 6.20. The zero-order valence-corrected chi connectivity index (χ0v) is 15.2. The van der Waals surface area contributed by atoms with Gasteiger partial charge in [0.1, 0.15) is 24.7 Å². The number of imidazole rings is 1. The number of aryl methyl sites for hydroxylation is 1. The lowest BCUT2D eigenvalue weighted by molar-refractivity contribution is -0.126. The van der Waals surface area contributed by atoms with Crippen molar-refractivity contribution >= 4 is 16.9 Å². The van der Waals surface area contributed by atoms with E-state index in [9.17, 15) is 4.79 Å². The lowest BCUT2D eigenvalue weighted by atomic mass is 10.2. The Balaban J connectivity index is 1.24. The minimum Gasteiger partial charge on any atom is -0.364 e. The quantitative estimate of drug-likeness (QED) is 0.506. The number of ether oxygens (including phenoxy) is 1. The maximum atomic E-state index is 11.9. The summed E-state index contributed by atoms with van der Waals surface area (Å²) in [5, 5.41) is 6.52. The van der Waals surface area contributed by atoms with Gasteiger partial charge in [-0.2, -0.15) is 4.98 Å². The first-order valence-corrected chi connectivity index (χ1v) is 8.71. The van der Waals surface area contributed by atoms with Crippen LogP contribution in [-0.2, 0) is 22.7 Å². The molecule has 0 radical (unpaired) electrons. The van der Waals surface area contributed by atoms with Crippen molar-refractivity contribution in [3.05, 3.63) is 59.9 Å². The van der Waals surface area contributed by atoms with Crippen LogP contribution in [0, 0.1) is 6.92 Å². The highest BCUT2D eigenvalue weighted by Crippen LogP contribution is 2.14. The van der Waals surface area contributed by atoms with E-state index in [4.69, 9.17) is 9.26 Å². The standard InChI is InChI=1S/C19H18N6O3/c1-12-5-6-13-15(8-12)23-16(22-13)10-27-11-17(26)21-9-18-24-19(25-28-18)14-4-2-3-7-20-14/h2-8H,9-11H2,1H3,(H,21,26)(H,22,23). The minimum absolute atomic E-state index is 0.0999. The van der Waals surface area contributed by atoms with Gasteiger partial charge in [0.15, 0.2) is 0 Å². The zero-order valence-electron chi connectivity index (χ0n) is 15.2. The normalized spacial score (nSPS) is 11.0. The summed E-state index contributed by atoms with van der Waals surface area (Å²) in [6, 6.07) is 11.4. The van der Waals surface area contributed by atoms with Gasteiger partial charge in [-0.3, -0.25) is 9.78 Å². The Kier molecular flexibility index (Phi) is 5.07. The Morgan fingerprint density at radius 1 is 1.25 bits per heavy atom. The van der Waals surface area contributed by atoms with E-state index >= 15 is 0 Å². The maximum absolute atomic E-state index is 11.9. The molecule has 0 aliphatic rings. The van der Waals surface area contributed by atoms with Gasteiger partial charge in [0.05, 0.1) is 17.6 Å². The smallest absolute Gasteiger partial charge is 0.246 e. The van der Waals surface area contributed by atoms with Crippen LogP contribution in [0.25, 0.3) is 22.6 Å². The topological polar surface area (TPSA) is 119 Å². The van der Waals surface area contributed by atoms with Crippen molar-refractivity contribution in [3.63, 3.8) is 0 Å². The van der Waals surface area contributed by atoms with Crippen LogP contribution in [0.4, 0.5) is 0 Å². The van der Waals surface area contributed by atoms with Crippen molar-refractivity contribution in [2.24, 2.45) is 0 Å². The summed E-state index contributed by atoms with van der Waals surface area (Å²) in [5.41, 5.74) is 3.57. The highest BCUT2D eigenvalue weighted by Gasteiger charge is 2.11. The van der Waals surface area contributed by atoms with E-state index in [1.807, 2.05) is 31.2 Å². The molecular weight excluding hydrogens is 360 g/mol. The average molecular weight is 378 g/mol. The van der Waals surface area contributed by atoms with E-state index in [-0.39, 0.29) is 25.7 Å². The summed E-state index contributed by atoms with van der Waals surface area (Å²) in [6.45, 7) is 2.25. The third kappa shape index (κ3) is 4.21. The van der Waals surface area contributed by atoms with Crippen LogP contribution < -0.4 is 5.32 Å². The van der Waals surface area contributed by atoms with Crippen LogP contribution in [-0.4, -0.2) is 37.6 Å². The van der Waals surface area contributed by atoms with Gasteiger partial charge < -0.3 is 19.6 Å². The third-order valence-corrected chi connectivity index (χ3v) is 3.96. The first-order chi connectivity index (χ1) is 13.7. The zero-order chi connectivity index (χ0) is 19.3. The molecular formula is C19H18N6O3. The lowest BCUT2D eigenvalue weighted by Crippen LogP contribution is -2.27. The van der Waals surface area contributed by atoms with Gasteiger partial charge in [0, 0.05) is 6.20 Å². The maximum Gasteiger partial charge on any atom is 0.246 e. The van der Waals surface area contributed by atoms with Gasteiger partial charge in [-0.1, -0.05) is 17.3 Å². The molecule has 0 aliphatic heterocycles. The number of aromatic nitrogens is 5. The van der Waals surface area contributed by atoms with E-state index < -0.39 is 0 Å². The largest absolute Gasteiger partial charge is 0.364 e. The van der Waals surface area contributed by atoms with Crippen LogP contribution in [0.5, 0.6) is 0 Å². The second-order valence-electron chi connectivity index (χ2n) is 6.20. The molecule has 142 valence electrons. The first-order valence-electron chi connectivity index (χ1n) is 8.71. The summed E-state index contributed by atoms with van der Waals surface area (Å²) >= 11 is 0. The molecule has 0 fully saturated rings. The van der Waals surface area contributed by atoms with Gasteiger partial charge in [-0.25, -0.2) is 4.98 Å². The highest BCUT2D eigenvalue weighted by molar-refractivity contribution is 5.77. The summed E-state index contributed by atoms with van der Waals surface area (Å²) in [7, 11) is 0. The Bertz CT molecular complexity index is 1090. The van der Waals surface area contributed by atoms with Crippen LogP contribution in [0.3, 0.4) is 0 Å². The molecule has 0 saturated heterocycles. The Morgan fingerprint density at radius 3 is 3.04 bits per heavy atom. The van der Waals surface area contributed by atoms with Crippen molar-refractivity contribution in [1.82, 2.24) is 30.4 Å². The molecule has 2 N–H and O–H groups in total. The van der Waals surface area contributed by atoms with E-state index in [0.29, 0.717) is 23.2 Å². The van der Waals surface area contributed by atoms with Crippen LogP contribution >= 0.6 is 0 Å². The molecule has 0 aliphatic carbocycles. The second kappa shape index (κ2) is 7.97. The number of nitrogens with zero attached hydrogens (tertiary/aromatic N) is 4. The summed E-state index contributed by atoms with van der Waals surface area (Å²) in [4.78, 5) is 27.9. The fraction of sp³-hybridized carbons (Fsp3) is 0.211. The predicted octanol–water partition coefficient (Wildman–Crippen LogP) is 2.15. The monoisotopic (exact) mass is 378 g/mol. The molecule has 0 bridgehead atoms. The fourth-order valence-electron chi connectivity index (χ4n) is 2.64. The van der Waals surface area contributed by atoms with Gasteiger partial charge in [-0.15, -0.1) is 0 Å². The number of fused-ring (bicyclic) bond motifs is 1. The molecule has 3 heterocycles. The van der Waals surface area contributed by atoms with E-state index in [1.54, 1.807) is 18.3 Å². The molecule has 0 spiro atoms. The summed E-state index contributed by atoms with van der Waals surface area (Å²) in [5.74, 6) is 1.05. The number of hydrogen-bond donors (Lipinski definition) is 2. The lowest BCUT2D eigenvalue weighted by Gasteiger charge is -2.02. The number of nitrogens with one attached hydrogen (secondary N) is 2. The number of carbonyl (C=O) groups is 1. The number of H-pyrrole nitrogens is 1. The number of benzene rings is 1. The summed E-state index contributed by atoms with van der Waals surface area (Å²) in [6.07, 6.45) is 1.65. The number of amides is 1. The predicted molar refractivity (Wildman–Crippen MR) is 99.9 cm³/mol. The number of pyridine rings is 1. The molecule has 1 amide bonds. The molecule has 9 heteroatoms. The molecule has 0 saturated carbocycles. The molecule has 4 rings (SSSR count). The van der Waals surface area contributed by atoms with E-state index in [1.165, 1.54) is 0 Å². The van der Waals surface area contributed by atoms with Gasteiger partial charge in [0.25, 0.3) is 0 Å². The molecule has 4 aromatic rings. The van der Waals surface area contributed by atoms with E-state index in [0.717, 1.165) is 16.6 Å². The number of carbonyl (C=O) groups excluding carboxylic acids is 1. The molecule has 3 aromatic heterocycles. The average Bonchev–Trinajstić information content (AvgIpc) is 3.33. The van der Waals surface area contributed by atoms with Crippen LogP contribution in [0.1, 0.15) is 17.3 Å². The van der Waals surface area contributed by atoms with Crippen molar-refractivity contribution in [2.75, 3.05) is 6.61 Å². The fourth-order valence-corrected chi connectivity index (χ4v) is 2.64. The van der Waals surface area contributed by atoms with Crippen molar-refractivity contribution < 1.29 is 14.1 Å². The van der Waals surface area contributed by atoms with Crippen molar-refractivity contribution in [3.8, 4) is 11.5 Å². The SMILES string of the molecule is Cc1ccc2nc(COCC(=O)NCc3nc(-c4ccccn4)no3)[nH]c2c1. The molecule has 0 atom stereocenters. The van der Waals surface area contributed by atoms with Crippen molar-refractivity contribution in [1.29, 1.82) is 0 Å². The Hall–Kier alpha value is -3.59. The summed E-state index contributed by atoms with van der Waals surface area (Å²) < 4.78 is 10.5. The van der Waals surface area contributed by atoms with Crippen LogP contribution in [0.15, 0.2) is 47.1 Å². The van der Waals surface area contributed by atoms with E-state index in [2.05, 4.69) is 30.4 Å². The Labute approximate surface area is 160 Å². The van der Waals surface area contributed by atoms with Gasteiger partial charge in [0.2, 0.25) is 17.6 Å². The first kappa shape index (κ1) is 17.8. The molecule has 1 aromatic carbocycles. The van der Waals surface area contributed by atoms with Gasteiger partial charge in [-0.05, 0) is 36.8 Å². The number of aromatic amines is 1. The molecule has 28 heavy (non-hydrogen) atoms. The highest BCUT2D eigenvalue weighted by atomic mass is 16.5. The molecule has 0 unspecified atom stereocenters. The van der Waals surface area contributed by atoms with Crippen molar-refractivity contribution in [2.45, 2.75) is 20.1 Å². The van der Waals surface area contributed by atoms with Crippen LogP contribution in [0.2, 0.25) is 0 Å². The minimum atomic E-state index is -0.287. The number of hydrogen-bond acceptors (Lipinski definition) is 7. The third-order valence-electron chi connectivity index (χ3n) is 3.96.